The summed E-state index contributed by atoms with van der Waals surface area (Å²) >= 11 is 8.90. The number of carbonyl (C=O) groups excluding carboxylic acids is 3. The van der Waals surface area contributed by atoms with Crippen LogP contribution in [0, 0.1) is 0 Å². The molecule has 0 saturated heterocycles. The van der Waals surface area contributed by atoms with Crippen molar-refractivity contribution >= 4 is 73.0 Å². The van der Waals surface area contributed by atoms with Crippen LogP contribution in [0.1, 0.15) is 24.9 Å². The number of halogens is 1. The van der Waals surface area contributed by atoms with Crippen molar-refractivity contribution in [3.8, 4) is 0 Å². The number of nitrogens with one attached hydrogen (secondary N) is 4. The SMILES string of the molecule is O=C(NC(Cc1c[nH]c2ccccc12)C(=O)NNC(=O)c1sc2ccccc2c1Cl)c1cccs1. The fourth-order valence-electron chi connectivity index (χ4n) is 3.79. The molecule has 3 amide bonds. The van der Waals surface area contributed by atoms with Crippen LogP contribution >= 0.6 is 34.3 Å². The van der Waals surface area contributed by atoms with E-state index in [1.165, 1.54) is 22.7 Å². The van der Waals surface area contributed by atoms with E-state index in [4.69, 9.17) is 11.6 Å². The van der Waals surface area contributed by atoms with E-state index in [-0.39, 0.29) is 12.3 Å². The van der Waals surface area contributed by atoms with Crippen molar-refractivity contribution in [1.82, 2.24) is 21.2 Å². The lowest BCUT2D eigenvalue weighted by Gasteiger charge is -2.18. The number of thiophene rings is 2. The van der Waals surface area contributed by atoms with E-state index in [1.807, 2.05) is 54.7 Å². The molecule has 1 unspecified atom stereocenters. The Balaban J connectivity index is 1.34. The third-order valence-electron chi connectivity index (χ3n) is 5.51. The highest BCUT2D eigenvalue weighted by atomic mass is 35.5. The summed E-state index contributed by atoms with van der Waals surface area (Å²) in [5.41, 5.74) is 6.68. The van der Waals surface area contributed by atoms with Gasteiger partial charge < -0.3 is 10.3 Å². The molecular weight excluding hydrogens is 504 g/mol. The average molecular weight is 523 g/mol. The molecule has 35 heavy (non-hydrogen) atoms. The van der Waals surface area contributed by atoms with Crippen molar-refractivity contribution in [2.45, 2.75) is 12.5 Å². The molecule has 2 aromatic carbocycles. The zero-order valence-electron chi connectivity index (χ0n) is 18.1. The van der Waals surface area contributed by atoms with Gasteiger partial charge in [0.1, 0.15) is 10.9 Å². The summed E-state index contributed by atoms with van der Waals surface area (Å²) in [5, 5.41) is 6.64. The van der Waals surface area contributed by atoms with Crippen LogP contribution in [0.3, 0.4) is 0 Å². The summed E-state index contributed by atoms with van der Waals surface area (Å²) in [6.45, 7) is 0. The van der Waals surface area contributed by atoms with Gasteiger partial charge in [-0.2, -0.15) is 0 Å². The van der Waals surface area contributed by atoms with Gasteiger partial charge in [-0.05, 0) is 29.1 Å². The number of H-pyrrole nitrogens is 1. The molecule has 0 fully saturated rings. The molecule has 0 saturated carbocycles. The zero-order valence-corrected chi connectivity index (χ0v) is 20.5. The number of amides is 3. The van der Waals surface area contributed by atoms with Crippen LogP contribution in [0.25, 0.3) is 21.0 Å². The van der Waals surface area contributed by atoms with Crippen LogP contribution in [0.15, 0.2) is 72.2 Å². The number of hydrogen-bond acceptors (Lipinski definition) is 5. The van der Waals surface area contributed by atoms with Gasteiger partial charge in [0, 0.05) is 33.6 Å². The minimum atomic E-state index is -0.929. The second kappa shape index (κ2) is 9.91. The van der Waals surface area contributed by atoms with Gasteiger partial charge in [-0.1, -0.05) is 54.1 Å². The number of hydrogen-bond donors (Lipinski definition) is 4. The third kappa shape index (κ3) is 4.79. The standard InChI is InChI=1S/C25H19ClN4O3S2/c26-21-16-7-2-4-9-19(16)35-22(21)25(33)30-29-23(31)18(28-24(32)20-10-5-11-34-20)12-14-13-27-17-8-3-1-6-15(14)17/h1-11,13,18,27H,12H2,(H,28,32)(H,29,31)(H,30,33). The highest BCUT2D eigenvalue weighted by Gasteiger charge is 2.25. The van der Waals surface area contributed by atoms with Crippen molar-refractivity contribution in [3.63, 3.8) is 0 Å². The Morgan fingerprint density at radius 1 is 0.914 bits per heavy atom. The lowest BCUT2D eigenvalue weighted by atomic mass is 10.0. The lowest BCUT2D eigenvalue weighted by molar-refractivity contribution is -0.123. The van der Waals surface area contributed by atoms with E-state index < -0.39 is 17.9 Å². The number of fused-ring (bicyclic) bond motifs is 2. The minimum Gasteiger partial charge on any atom is -0.361 e. The van der Waals surface area contributed by atoms with Gasteiger partial charge in [-0.3, -0.25) is 25.2 Å². The number of carbonyl (C=O) groups is 3. The Hall–Kier alpha value is -3.66. The van der Waals surface area contributed by atoms with Gasteiger partial charge in [0.15, 0.2) is 0 Å². The summed E-state index contributed by atoms with van der Waals surface area (Å²) in [7, 11) is 0. The Bertz CT molecular complexity index is 1540. The van der Waals surface area contributed by atoms with Crippen LogP contribution in [0.4, 0.5) is 0 Å². The fraction of sp³-hybridized carbons (Fsp3) is 0.0800. The molecule has 3 heterocycles. The predicted octanol–water partition coefficient (Wildman–Crippen LogP) is 4.90. The largest absolute Gasteiger partial charge is 0.361 e. The highest BCUT2D eigenvalue weighted by Crippen LogP contribution is 2.34. The van der Waals surface area contributed by atoms with Crippen LogP contribution in [0.2, 0.25) is 5.02 Å². The third-order valence-corrected chi connectivity index (χ3v) is 8.05. The number of aromatic nitrogens is 1. The molecule has 176 valence electrons. The lowest BCUT2D eigenvalue weighted by Crippen LogP contribution is -2.53. The molecule has 0 bridgehead atoms. The molecule has 5 rings (SSSR count). The molecule has 0 aliphatic carbocycles. The number of rotatable bonds is 6. The van der Waals surface area contributed by atoms with E-state index in [1.54, 1.807) is 17.5 Å². The first-order valence-corrected chi connectivity index (χ1v) is 12.8. The van der Waals surface area contributed by atoms with E-state index in [2.05, 4.69) is 21.2 Å². The molecule has 0 aliphatic heterocycles. The number of aromatic amines is 1. The first-order chi connectivity index (χ1) is 17.0. The van der Waals surface area contributed by atoms with E-state index in [0.29, 0.717) is 14.8 Å². The van der Waals surface area contributed by atoms with Gasteiger partial charge in [-0.15, -0.1) is 22.7 Å². The predicted molar refractivity (Wildman–Crippen MR) is 140 cm³/mol. The number of hydrazine groups is 1. The molecule has 5 aromatic rings. The van der Waals surface area contributed by atoms with Crippen LogP contribution in [0.5, 0.6) is 0 Å². The Morgan fingerprint density at radius 2 is 1.69 bits per heavy atom. The van der Waals surface area contributed by atoms with E-state index >= 15 is 0 Å². The second-order valence-electron chi connectivity index (χ2n) is 7.75. The Labute approximate surface area is 213 Å². The topological polar surface area (TPSA) is 103 Å². The molecule has 0 spiro atoms. The number of para-hydroxylation sites is 1. The first kappa shape index (κ1) is 23.1. The summed E-state index contributed by atoms with van der Waals surface area (Å²) < 4.78 is 0.870. The Morgan fingerprint density at radius 3 is 2.46 bits per heavy atom. The quantitative estimate of drug-likeness (QED) is 0.238. The smallest absolute Gasteiger partial charge is 0.281 e. The molecule has 3 aromatic heterocycles. The van der Waals surface area contributed by atoms with Gasteiger partial charge in [0.05, 0.1) is 9.90 Å². The molecular formula is C25H19ClN4O3S2. The molecule has 0 radical (unpaired) electrons. The normalized spacial score (nSPS) is 11.9. The van der Waals surface area contributed by atoms with Gasteiger partial charge in [0.25, 0.3) is 17.7 Å². The maximum Gasteiger partial charge on any atom is 0.281 e. The van der Waals surface area contributed by atoms with Crippen LogP contribution < -0.4 is 16.2 Å². The minimum absolute atomic E-state index is 0.229. The first-order valence-electron chi connectivity index (χ1n) is 10.7. The molecule has 1 atom stereocenters. The fourth-order valence-corrected chi connectivity index (χ4v) is 5.83. The summed E-state index contributed by atoms with van der Waals surface area (Å²) in [6.07, 6.45) is 2.05. The highest BCUT2D eigenvalue weighted by molar-refractivity contribution is 7.21. The molecule has 4 N–H and O–H groups in total. The van der Waals surface area contributed by atoms with Crippen molar-refractivity contribution in [1.29, 1.82) is 0 Å². The van der Waals surface area contributed by atoms with Crippen molar-refractivity contribution in [2.75, 3.05) is 0 Å². The zero-order chi connectivity index (χ0) is 24.4. The monoisotopic (exact) mass is 522 g/mol. The van der Waals surface area contributed by atoms with E-state index in [0.717, 1.165) is 26.6 Å². The van der Waals surface area contributed by atoms with Crippen molar-refractivity contribution in [2.24, 2.45) is 0 Å². The van der Waals surface area contributed by atoms with Gasteiger partial charge >= 0.3 is 0 Å². The van der Waals surface area contributed by atoms with Crippen LogP contribution in [-0.2, 0) is 11.2 Å². The van der Waals surface area contributed by atoms with Gasteiger partial charge in [0.2, 0.25) is 0 Å². The van der Waals surface area contributed by atoms with Crippen molar-refractivity contribution in [3.05, 3.63) is 92.6 Å². The molecule has 7 nitrogen and oxygen atoms in total. The molecule has 10 heteroatoms. The maximum atomic E-state index is 13.1. The van der Waals surface area contributed by atoms with Gasteiger partial charge in [-0.25, -0.2) is 0 Å². The van der Waals surface area contributed by atoms with Crippen molar-refractivity contribution < 1.29 is 14.4 Å². The Kier molecular flexibility index (Phi) is 6.54. The van der Waals surface area contributed by atoms with Crippen LogP contribution in [-0.4, -0.2) is 28.7 Å². The average Bonchev–Trinajstić information content (AvgIpc) is 3.62. The summed E-state index contributed by atoms with van der Waals surface area (Å²) in [5.74, 6) is -1.44. The summed E-state index contributed by atoms with van der Waals surface area (Å²) in [6, 6.07) is 17.7. The summed E-state index contributed by atoms with van der Waals surface area (Å²) in [4.78, 5) is 42.6. The molecule has 0 aliphatic rings. The maximum absolute atomic E-state index is 13.1. The second-order valence-corrected chi connectivity index (χ2v) is 10.1. The van der Waals surface area contributed by atoms with E-state index in [9.17, 15) is 14.4 Å². The number of benzene rings is 2.